The van der Waals surface area contributed by atoms with Gasteiger partial charge in [-0.3, -0.25) is 9.98 Å². The van der Waals surface area contributed by atoms with Crippen molar-refractivity contribution >= 4 is 40.0 Å². The fourth-order valence-electron chi connectivity index (χ4n) is 2.82. The molecule has 0 aliphatic carbocycles. The second-order valence-electron chi connectivity index (χ2n) is 6.17. The van der Waals surface area contributed by atoms with Crippen LogP contribution in [0.1, 0.15) is 26.2 Å². The van der Waals surface area contributed by atoms with Gasteiger partial charge in [0.2, 0.25) is 10.0 Å². The van der Waals surface area contributed by atoms with Gasteiger partial charge in [-0.1, -0.05) is 6.92 Å². The molecule has 2 rings (SSSR count). The van der Waals surface area contributed by atoms with Crippen LogP contribution in [0.4, 0.5) is 0 Å². The summed E-state index contributed by atoms with van der Waals surface area (Å²) in [5.74, 6) is 1.66. The van der Waals surface area contributed by atoms with Gasteiger partial charge in [-0.15, -0.1) is 24.0 Å². The third-order valence-electron chi connectivity index (χ3n) is 4.17. The Hall–Kier alpha value is -1.14. The van der Waals surface area contributed by atoms with Gasteiger partial charge in [-0.05, 0) is 31.4 Å². The van der Waals surface area contributed by atoms with E-state index in [-0.39, 0.29) is 35.8 Å². The summed E-state index contributed by atoms with van der Waals surface area (Å²) in [5, 5.41) is 6.57. The number of halogens is 1. The van der Waals surface area contributed by atoms with Gasteiger partial charge in [0.05, 0.1) is 18.5 Å². The number of rotatable bonds is 8. The van der Waals surface area contributed by atoms with E-state index >= 15 is 0 Å². The molecule has 1 aliphatic rings. The fraction of sp³-hybridized carbons (Fsp3) is 0.647. The Labute approximate surface area is 179 Å². The molecule has 0 atom stereocenters. The first-order chi connectivity index (χ1) is 12.5. The van der Waals surface area contributed by atoms with Crippen LogP contribution in [0.5, 0.6) is 5.75 Å². The number of piperidine rings is 1. The Balaban J connectivity index is 0.00000364. The molecule has 2 N–H and O–H groups in total. The summed E-state index contributed by atoms with van der Waals surface area (Å²) in [5.41, 5.74) is 0. The van der Waals surface area contributed by atoms with E-state index in [4.69, 9.17) is 4.74 Å². The minimum absolute atomic E-state index is 0. The number of hydrogen-bond donors (Lipinski definition) is 2. The maximum atomic E-state index is 12.1. The second-order valence-corrected chi connectivity index (χ2v) is 8.26. The zero-order valence-electron chi connectivity index (χ0n) is 15.9. The van der Waals surface area contributed by atoms with Gasteiger partial charge in [0.1, 0.15) is 12.4 Å². The predicted molar refractivity (Wildman–Crippen MR) is 118 cm³/mol. The average molecular weight is 511 g/mol. The molecule has 0 radical (unpaired) electrons. The van der Waals surface area contributed by atoms with Crippen LogP contribution in [0.15, 0.2) is 29.5 Å². The van der Waals surface area contributed by atoms with Crippen molar-refractivity contribution < 1.29 is 13.2 Å². The Kier molecular flexibility index (Phi) is 10.9. The van der Waals surface area contributed by atoms with Crippen molar-refractivity contribution in [1.82, 2.24) is 19.9 Å². The van der Waals surface area contributed by atoms with E-state index in [1.165, 1.54) is 0 Å². The summed E-state index contributed by atoms with van der Waals surface area (Å²) in [6, 6.07) is 3.91. The fourth-order valence-corrected chi connectivity index (χ4v) is 4.37. The number of nitrogens with one attached hydrogen (secondary N) is 2. The molecular weight excluding hydrogens is 481 g/mol. The van der Waals surface area contributed by atoms with Crippen LogP contribution in [-0.2, 0) is 10.0 Å². The number of aliphatic imine (C=N–C) groups is 1. The molecule has 0 spiro atoms. The number of aromatic nitrogens is 1. The van der Waals surface area contributed by atoms with E-state index in [0.29, 0.717) is 38.6 Å². The first kappa shape index (κ1) is 23.9. The normalized spacial score (nSPS) is 16.4. The molecule has 0 unspecified atom stereocenters. The van der Waals surface area contributed by atoms with E-state index in [9.17, 15) is 8.42 Å². The highest BCUT2D eigenvalue weighted by molar-refractivity contribution is 14.0. The van der Waals surface area contributed by atoms with Crippen molar-refractivity contribution in [2.45, 2.75) is 32.2 Å². The van der Waals surface area contributed by atoms with Crippen LogP contribution in [-0.4, -0.2) is 68.8 Å². The summed E-state index contributed by atoms with van der Waals surface area (Å²) in [4.78, 5) is 8.22. The molecule has 0 aromatic carbocycles. The molecule has 1 aromatic heterocycles. The number of nitrogens with zero attached hydrogens (tertiary/aromatic N) is 3. The van der Waals surface area contributed by atoms with E-state index in [1.807, 2.05) is 19.1 Å². The summed E-state index contributed by atoms with van der Waals surface area (Å²) in [6.07, 6.45) is 5.58. The maximum absolute atomic E-state index is 12.1. The van der Waals surface area contributed by atoms with Crippen molar-refractivity contribution in [2.75, 3.05) is 39.0 Å². The van der Waals surface area contributed by atoms with Gasteiger partial charge in [-0.25, -0.2) is 12.7 Å². The lowest BCUT2D eigenvalue weighted by Crippen LogP contribution is -2.50. The topological polar surface area (TPSA) is 95.9 Å². The highest BCUT2D eigenvalue weighted by atomic mass is 127. The standard InChI is InChI=1S/C17H29N5O3S.HI/c1-3-13-26(23,24)22-10-6-15(7-11-22)21-17(18-2)20-9-12-25-16-5-4-8-19-14-16;/h4-5,8,14-15H,3,6-7,9-13H2,1-2H3,(H2,18,20,21);1H. The van der Waals surface area contributed by atoms with Crippen LogP contribution in [0, 0.1) is 0 Å². The number of guanidine groups is 1. The molecule has 1 saturated heterocycles. The lowest BCUT2D eigenvalue weighted by atomic mass is 10.1. The smallest absolute Gasteiger partial charge is 0.214 e. The van der Waals surface area contributed by atoms with Crippen molar-refractivity contribution in [2.24, 2.45) is 4.99 Å². The minimum Gasteiger partial charge on any atom is -0.490 e. The summed E-state index contributed by atoms with van der Waals surface area (Å²) in [6.45, 7) is 4.11. The van der Waals surface area contributed by atoms with Crippen molar-refractivity contribution in [3.63, 3.8) is 0 Å². The largest absolute Gasteiger partial charge is 0.490 e. The van der Waals surface area contributed by atoms with Crippen LogP contribution >= 0.6 is 24.0 Å². The van der Waals surface area contributed by atoms with Gasteiger partial charge in [0, 0.05) is 32.4 Å². The summed E-state index contributed by atoms with van der Waals surface area (Å²) in [7, 11) is -1.38. The molecule has 1 aliphatic heterocycles. The highest BCUT2D eigenvalue weighted by Gasteiger charge is 2.27. The average Bonchev–Trinajstić information content (AvgIpc) is 2.65. The maximum Gasteiger partial charge on any atom is 0.214 e. The first-order valence-electron chi connectivity index (χ1n) is 9.03. The van der Waals surface area contributed by atoms with Crippen LogP contribution in [0.3, 0.4) is 0 Å². The zero-order valence-corrected chi connectivity index (χ0v) is 19.1. The number of ether oxygens (including phenoxy) is 1. The van der Waals surface area contributed by atoms with Crippen molar-refractivity contribution in [3.8, 4) is 5.75 Å². The van der Waals surface area contributed by atoms with Crippen LogP contribution in [0.25, 0.3) is 0 Å². The third kappa shape index (κ3) is 8.18. The highest BCUT2D eigenvalue weighted by Crippen LogP contribution is 2.15. The molecule has 0 bridgehead atoms. The molecule has 0 amide bonds. The molecular formula is C17H30IN5O3S. The lowest BCUT2D eigenvalue weighted by Gasteiger charge is -2.32. The monoisotopic (exact) mass is 511 g/mol. The zero-order chi connectivity index (χ0) is 18.8. The number of sulfonamides is 1. The van der Waals surface area contributed by atoms with E-state index < -0.39 is 10.0 Å². The first-order valence-corrected chi connectivity index (χ1v) is 10.6. The second kappa shape index (κ2) is 12.3. The molecule has 8 nitrogen and oxygen atoms in total. The molecule has 1 aromatic rings. The van der Waals surface area contributed by atoms with Crippen LogP contribution < -0.4 is 15.4 Å². The molecule has 27 heavy (non-hydrogen) atoms. The van der Waals surface area contributed by atoms with Crippen molar-refractivity contribution in [1.29, 1.82) is 0 Å². The molecule has 1 fully saturated rings. The van der Waals surface area contributed by atoms with E-state index in [0.717, 1.165) is 18.6 Å². The van der Waals surface area contributed by atoms with Gasteiger partial charge < -0.3 is 15.4 Å². The molecule has 10 heteroatoms. The van der Waals surface area contributed by atoms with E-state index in [2.05, 4.69) is 20.6 Å². The molecule has 2 heterocycles. The Morgan fingerprint density at radius 1 is 1.41 bits per heavy atom. The summed E-state index contributed by atoms with van der Waals surface area (Å²) >= 11 is 0. The Morgan fingerprint density at radius 2 is 2.15 bits per heavy atom. The van der Waals surface area contributed by atoms with Gasteiger partial charge >= 0.3 is 0 Å². The molecule has 0 saturated carbocycles. The quantitative estimate of drug-likeness (QED) is 0.238. The number of pyridine rings is 1. The lowest BCUT2D eigenvalue weighted by molar-refractivity contribution is 0.303. The third-order valence-corrected chi connectivity index (χ3v) is 6.25. The Morgan fingerprint density at radius 3 is 2.74 bits per heavy atom. The minimum atomic E-state index is -3.10. The van der Waals surface area contributed by atoms with Gasteiger partial charge in [-0.2, -0.15) is 0 Å². The van der Waals surface area contributed by atoms with Gasteiger partial charge in [0.15, 0.2) is 5.96 Å². The SMILES string of the molecule is CCCS(=O)(=O)N1CCC(NC(=NC)NCCOc2cccnc2)CC1.I. The van der Waals surface area contributed by atoms with Crippen molar-refractivity contribution in [3.05, 3.63) is 24.5 Å². The number of hydrogen-bond acceptors (Lipinski definition) is 5. The van der Waals surface area contributed by atoms with Crippen LogP contribution in [0.2, 0.25) is 0 Å². The molecule has 154 valence electrons. The van der Waals surface area contributed by atoms with E-state index in [1.54, 1.807) is 23.7 Å². The van der Waals surface area contributed by atoms with Gasteiger partial charge in [0.25, 0.3) is 0 Å². The predicted octanol–water partition coefficient (Wildman–Crippen LogP) is 1.45. The summed E-state index contributed by atoms with van der Waals surface area (Å²) < 4.78 is 31.4. The Bertz CT molecular complexity index is 664.